The maximum absolute atomic E-state index is 13.6. The molecule has 3 rings (SSSR count). The van der Waals surface area contributed by atoms with Crippen molar-refractivity contribution < 1.29 is 14.3 Å². The number of halogens is 1. The molecule has 1 N–H and O–H groups in total. The molecule has 2 amide bonds. The van der Waals surface area contributed by atoms with E-state index in [0.29, 0.717) is 44.9 Å². The largest absolute Gasteiger partial charge is 0.494 e. The molecular formula is C31H37BrN2O3. The van der Waals surface area contributed by atoms with Crippen molar-refractivity contribution in [2.75, 3.05) is 13.2 Å². The second kappa shape index (κ2) is 14.6. The van der Waals surface area contributed by atoms with E-state index in [1.54, 1.807) is 4.90 Å². The fourth-order valence-electron chi connectivity index (χ4n) is 4.00. The molecule has 0 saturated heterocycles. The molecule has 0 heterocycles. The van der Waals surface area contributed by atoms with Crippen molar-refractivity contribution in [3.63, 3.8) is 0 Å². The zero-order valence-corrected chi connectivity index (χ0v) is 23.5. The molecule has 1 atom stereocenters. The van der Waals surface area contributed by atoms with Crippen molar-refractivity contribution in [1.29, 1.82) is 0 Å². The molecule has 0 aliphatic carbocycles. The third kappa shape index (κ3) is 9.69. The van der Waals surface area contributed by atoms with Gasteiger partial charge in [0.15, 0.2) is 0 Å². The molecule has 37 heavy (non-hydrogen) atoms. The minimum Gasteiger partial charge on any atom is -0.494 e. The van der Waals surface area contributed by atoms with E-state index >= 15 is 0 Å². The van der Waals surface area contributed by atoms with Crippen LogP contribution in [0.4, 0.5) is 0 Å². The van der Waals surface area contributed by atoms with Crippen LogP contribution < -0.4 is 10.1 Å². The standard InChI is InChI=1S/C31H37BrN2O3/c1-23(2)21-33-31(36)29(20-25-9-5-4-6-10-25)34(22-26-11-7-12-27(32)19-26)30(35)13-8-18-37-28-16-14-24(3)15-17-28/h4-7,9-12,14-17,19,23,29H,8,13,18,20-22H2,1-3H3,(H,33,36). The van der Waals surface area contributed by atoms with Gasteiger partial charge in [0.25, 0.3) is 0 Å². The third-order valence-electron chi connectivity index (χ3n) is 6.02. The summed E-state index contributed by atoms with van der Waals surface area (Å²) in [6.45, 7) is 7.50. The first-order chi connectivity index (χ1) is 17.8. The minimum atomic E-state index is -0.620. The molecule has 0 aliphatic heterocycles. The lowest BCUT2D eigenvalue weighted by Gasteiger charge is -2.32. The average molecular weight is 566 g/mol. The Morgan fingerprint density at radius 2 is 1.65 bits per heavy atom. The van der Waals surface area contributed by atoms with E-state index < -0.39 is 6.04 Å². The van der Waals surface area contributed by atoms with Crippen molar-refractivity contribution >= 4 is 27.7 Å². The number of carbonyl (C=O) groups excluding carboxylic acids is 2. The lowest BCUT2D eigenvalue weighted by molar-refractivity contribution is -0.141. The molecule has 5 nitrogen and oxygen atoms in total. The smallest absolute Gasteiger partial charge is 0.243 e. The second-order valence-electron chi connectivity index (χ2n) is 9.76. The Hall–Kier alpha value is -3.12. The summed E-state index contributed by atoms with van der Waals surface area (Å²) in [6, 6.07) is 25.0. The highest BCUT2D eigenvalue weighted by atomic mass is 79.9. The van der Waals surface area contributed by atoms with Crippen LogP contribution in [0.1, 0.15) is 43.4 Å². The summed E-state index contributed by atoms with van der Waals surface area (Å²) < 4.78 is 6.78. The number of benzene rings is 3. The van der Waals surface area contributed by atoms with Crippen LogP contribution in [0.25, 0.3) is 0 Å². The van der Waals surface area contributed by atoms with E-state index in [1.165, 1.54) is 5.56 Å². The predicted molar refractivity (Wildman–Crippen MR) is 152 cm³/mol. The Morgan fingerprint density at radius 3 is 2.32 bits per heavy atom. The number of rotatable bonds is 13. The summed E-state index contributed by atoms with van der Waals surface area (Å²) in [5.41, 5.74) is 3.15. The van der Waals surface area contributed by atoms with E-state index in [2.05, 4.69) is 35.1 Å². The van der Waals surface area contributed by atoms with Crippen LogP contribution in [0, 0.1) is 12.8 Å². The highest BCUT2D eigenvalue weighted by molar-refractivity contribution is 9.10. The Morgan fingerprint density at radius 1 is 0.946 bits per heavy atom. The van der Waals surface area contributed by atoms with Gasteiger partial charge in [-0.15, -0.1) is 0 Å². The number of amides is 2. The molecule has 196 valence electrons. The van der Waals surface area contributed by atoms with Crippen molar-refractivity contribution in [3.05, 3.63) is 100 Å². The zero-order chi connectivity index (χ0) is 26.6. The second-order valence-corrected chi connectivity index (χ2v) is 10.7. The van der Waals surface area contributed by atoms with E-state index in [4.69, 9.17) is 4.74 Å². The number of ether oxygens (including phenoxy) is 1. The van der Waals surface area contributed by atoms with Crippen molar-refractivity contribution in [2.45, 2.75) is 52.6 Å². The Bertz CT molecular complexity index is 1130. The Labute approximate surface area is 229 Å². The van der Waals surface area contributed by atoms with Crippen LogP contribution in [0.3, 0.4) is 0 Å². The molecule has 0 bridgehead atoms. The van der Waals surface area contributed by atoms with Crippen LogP contribution in [0.2, 0.25) is 0 Å². The highest BCUT2D eigenvalue weighted by Gasteiger charge is 2.30. The monoisotopic (exact) mass is 564 g/mol. The fourth-order valence-corrected chi connectivity index (χ4v) is 4.45. The first-order valence-corrected chi connectivity index (χ1v) is 13.7. The van der Waals surface area contributed by atoms with Crippen LogP contribution in [-0.2, 0) is 22.6 Å². The Kier molecular flexibility index (Phi) is 11.2. The van der Waals surface area contributed by atoms with Crippen molar-refractivity contribution in [1.82, 2.24) is 10.2 Å². The summed E-state index contributed by atoms with van der Waals surface area (Å²) in [7, 11) is 0. The fraction of sp³-hybridized carbons (Fsp3) is 0.355. The molecular weight excluding hydrogens is 528 g/mol. The van der Waals surface area contributed by atoms with Gasteiger partial charge in [0.05, 0.1) is 6.61 Å². The quantitative estimate of drug-likeness (QED) is 0.247. The van der Waals surface area contributed by atoms with E-state index in [0.717, 1.165) is 21.3 Å². The maximum atomic E-state index is 13.6. The normalized spacial score (nSPS) is 11.7. The maximum Gasteiger partial charge on any atom is 0.243 e. The molecule has 0 fully saturated rings. The molecule has 6 heteroatoms. The topological polar surface area (TPSA) is 58.6 Å². The summed E-state index contributed by atoms with van der Waals surface area (Å²) in [4.78, 5) is 28.8. The van der Waals surface area contributed by atoms with Gasteiger partial charge in [0, 0.05) is 30.4 Å². The molecule has 0 aliphatic rings. The Balaban J connectivity index is 1.78. The van der Waals surface area contributed by atoms with Gasteiger partial charge in [-0.3, -0.25) is 9.59 Å². The average Bonchev–Trinajstić information content (AvgIpc) is 2.88. The van der Waals surface area contributed by atoms with Gasteiger partial charge in [0.1, 0.15) is 11.8 Å². The number of nitrogens with one attached hydrogen (secondary N) is 1. The molecule has 0 aromatic heterocycles. The lowest BCUT2D eigenvalue weighted by atomic mass is 10.0. The third-order valence-corrected chi connectivity index (χ3v) is 6.52. The van der Waals surface area contributed by atoms with Gasteiger partial charge in [-0.25, -0.2) is 0 Å². The van der Waals surface area contributed by atoms with E-state index in [1.807, 2.05) is 85.8 Å². The molecule has 3 aromatic rings. The van der Waals surface area contributed by atoms with Crippen LogP contribution >= 0.6 is 15.9 Å². The van der Waals surface area contributed by atoms with Crippen LogP contribution in [0.15, 0.2) is 83.3 Å². The van der Waals surface area contributed by atoms with Crippen LogP contribution in [0.5, 0.6) is 5.75 Å². The summed E-state index contributed by atoms with van der Waals surface area (Å²) in [5, 5.41) is 3.06. The number of aryl methyl sites for hydroxylation is 1. The van der Waals surface area contributed by atoms with Gasteiger partial charge < -0.3 is 15.0 Å². The van der Waals surface area contributed by atoms with Crippen molar-refractivity contribution in [3.8, 4) is 5.75 Å². The molecule has 0 radical (unpaired) electrons. The van der Waals surface area contributed by atoms with Gasteiger partial charge in [-0.05, 0) is 54.7 Å². The van der Waals surface area contributed by atoms with Gasteiger partial charge >= 0.3 is 0 Å². The zero-order valence-electron chi connectivity index (χ0n) is 22.0. The predicted octanol–water partition coefficient (Wildman–Crippen LogP) is 6.33. The molecule has 0 spiro atoms. The molecule has 3 aromatic carbocycles. The molecule has 1 unspecified atom stereocenters. The number of nitrogens with zero attached hydrogens (tertiary/aromatic N) is 1. The number of hydrogen-bond donors (Lipinski definition) is 1. The highest BCUT2D eigenvalue weighted by Crippen LogP contribution is 2.19. The molecule has 0 saturated carbocycles. The first-order valence-electron chi connectivity index (χ1n) is 12.9. The van der Waals surface area contributed by atoms with Crippen molar-refractivity contribution in [2.24, 2.45) is 5.92 Å². The van der Waals surface area contributed by atoms with Gasteiger partial charge in [-0.1, -0.05) is 89.9 Å². The number of hydrogen-bond acceptors (Lipinski definition) is 3. The SMILES string of the molecule is Cc1ccc(OCCCC(=O)N(Cc2cccc(Br)c2)C(Cc2ccccc2)C(=O)NCC(C)C)cc1. The summed E-state index contributed by atoms with van der Waals surface area (Å²) in [5.74, 6) is 0.915. The van der Waals surface area contributed by atoms with Gasteiger partial charge in [-0.2, -0.15) is 0 Å². The van der Waals surface area contributed by atoms with Gasteiger partial charge in [0.2, 0.25) is 11.8 Å². The minimum absolute atomic E-state index is 0.0619. The summed E-state index contributed by atoms with van der Waals surface area (Å²) in [6.07, 6.45) is 1.31. The van der Waals surface area contributed by atoms with E-state index in [-0.39, 0.29) is 11.8 Å². The van der Waals surface area contributed by atoms with Crippen LogP contribution in [-0.4, -0.2) is 35.9 Å². The first kappa shape index (κ1) is 28.5. The number of carbonyl (C=O) groups is 2. The van der Waals surface area contributed by atoms with E-state index in [9.17, 15) is 9.59 Å². The summed E-state index contributed by atoms with van der Waals surface area (Å²) >= 11 is 3.53. The lowest BCUT2D eigenvalue weighted by Crippen LogP contribution is -2.51.